The molecule has 1 fully saturated rings. The Kier molecular flexibility index (Phi) is 4.70. The van der Waals surface area contributed by atoms with E-state index in [2.05, 4.69) is 12.2 Å². The van der Waals surface area contributed by atoms with E-state index in [-0.39, 0.29) is 12.1 Å². The first kappa shape index (κ1) is 11.0. The van der Waals surface area contributed by atoms with Crippen LogP contribution < -0.4 is 5.32 Å². The first-order valence-electron chi connectivity index (χ1n) is 5.17. The molecule has 0 saturated heterocycles. The largest absolute Gasteiger partial charge is 0.392 e. The van der Waals surface area contributed by atoms with E-state index < -0.39 is 0 Å². The van der Waals surface area contributed by atoms with Gasteiger partial charge in [0, 0.05) is 19.2 Å². The van der Waals surface area contributed by atoms with Crippen LogP contribution in [0.1, 0.15) is 32.6 Å². The Morgan fingerprint density at radius 3 is 2.77 bits per heavy atom. The first-order chi connectivity index (χ1) is 6.24. The van der Waals surface area contributed by atoms with E-state index >= 15 is 0 Å². The Hall–Kier alpha value is -0.120. The topological polar surface area (TPSA) is 41.5 Å². The van der Waals surface area contributed by atoms with Crippen LogP contribution in [0.15, 0.2) is 0 Å². The van der Waals surface area contributed by atoms with Gasteiger partial charge in [-0.05, 0) is 19.8 Å². The van der Waals surface area contributed by atoms with Crippen molar-refractivity contribution in [3.8, 4) is 0 Å². The molecule has 1 saturated carbocycles. The predicted molar refractivity (Wildman–Crippen MR) is 52.7 cm³/mol. The number of methoxy groups -OCH3 is 1. The average Bonchev–Trinajstić information content (AvgIpc) is 2.09. The molecule has 2 N–H and O–H groups in total. The number of aliphatic hydroxyl groups excluding tert-OH is 1. The van der Waals surface area contributed by atoms with E-state index in [1.165, 1.54) is 6.42 Å². The molecule has 0 aromatic rings. The molecule has 0 amide bonds. The number of aliphatic hydroxyl groups is 1. The highest BCUT2D eigenvalue weighted by atomic mass is 16.5. The highest BCUT2D eigenvalue weighted by Crippen LogP contribution is 2.18. The Morgan fingerprint density at radius 1 is 1.46 bits per heavy atom. The fourth-order valence-electron chi connectivity index (χ4n) is 1.97. The van der Waals surface area contributed by atoms with Crippen molar-refractivity contribution >= 4 is 0 Å². The van der Waals surface area contributed by atoms with Crippen LogP contribution in [0.5, 0.6) is 0 Å². The molecule has 0 aromatic heterocycles. The molecule has 0 aromatic carbocycles. The summed E-state index contributed by atoms with van der Waals surface area (Å²) in [5.41, 5.74) is 0. The van der Waals surface area contributed by atoms with E-state index in [4.69, 9.17) is 4.74 Å². The average molecular weight is 187 g/mol. The van der Waals surface area contributed by atoms with Gasteiger partial charge in [0.05, 0.1) is 12.7 Å². The highest BCUT2D eigenvalue weighted by molar-refractivity contribution is 4.82. The third-order valence-electron chi connectivity index (χ3n) is 2.64. The third-order valence-corrected chi connectivity index (χ3v) is 2.64. The lowest BCUT2D eigenvalue weighted by atomic mass is 9.92. The van der Waals surface area contributed by atoms with Crippen molar-refractivity contribution in [3.05, 3.63) is 0 Å². The Morgan fingerprint density at radius 2 is 2.15 bits per heavy atom. The second kappa shape index (κ2) is 5.58. The van der Waals surface area contributed by atoms with Crippen molar-refractivity contribution in [2.75, 3.05) is 13.7 Å². The highest BCUT2D eigenvalue weighted by Gasteiger charge is 2.23. The van der Waals surface area contributed by atoms with Crippen LogP contribution in [0.25, 0.3) is 0 Å². The van der Waals surface area contributed by atoms with E-state index in [0.717, 1.165) is 19.3 Å². The zero-order chi connectivity index (χ0) is 9.68. The molecule has 1 rings (SSSR count). The van der Waals surface area contributed by atoms with Gasteiger partial charge >= 0.3 is 0 Å². The number of ether oxygens (including phenoxy) is 1. The standard InChI is InChI=1S/C10H21NO2/c1-8(7-13-2)11-9-5-3-4-6-10(9)12/h8-12H,3-7H2,1-2H3/t8-,9-,10-/m0/s1. The smallest absolute Gasteiger partial charge is 0.0693 e. The number of hydrogen-bond acceptors (Lipinski definition) is 3. The van der Waals surface area contributed by atoms with Crippen LogP contribution in [-0.2, 0) is 4.74 Å². The van der Waals surface area contributed by atoms with Gasteiger partial charge in [0.15, 0.2) is 0 Å². The molecular formula is C10H21NO2. The summed E-state index contributed by atoms with van der Waals surface area (Å²) in [7, 11) is 1.70. The maximum atomic E-state index is 9.68. The molecule has 3 nitrogen and oxygen atoms in total. The maximum absolute atomic E-state index is 9.68. The fourth-order valence-corrected chi connectivity index (χ4v) is 1.97. The molecular weight excluding hydrogens is 166 g/mol. The Bertz CT molecular complexity index is 141. The van der Waals surface area contributed by atoms with Crippen LogP contribution in [0.2, 0.25) is 0 Å². The second-order valence-electron chi connectivity index (χ2n) is 3.98. The van der Waals surface area contributed by atoms with Crippen LogP contribution in [0, 0.1) is 0 Å². The van der Waals surface area contributed by atoms with Gasteiger partial charge in [-0.15, -0.1) is 0 Å². The molecule has 0 radical (unpaired) electrons. The molecule has 3 heteroatoms. The summed E-state index contributed by atoms with van der Waals surface area (Å²) in [6, 6.07) is 0.613. The molecule has 1 aliphatic rings. The van der Waals surface area contributed by atoms with E-state index in [1.54, 1.807) is 7.11 Å². The van der Waals surface area contributed by atoms with Gasteiger partial charge in [0.25, 0.3) is 0 Å². The van der Waals surface area contributed by atoms with Crippen molar-refractivity contribution in [2.45, 2.75) is 50.8 Å². The lowest BCUT2D eigenvalue weighted by Crippen LogP contribution is -2.47. The first-order valence-corrected chi connectivity index (χ1v) is 5.17. The predicted octanol–water partition coefficient (Wildman–Crippen LogP) is 0.914. The Balaban J connectivity index is 2.25. The normalized spacial score (nSPS) is 31.6. The van der Waals surface area contributed by atoms with Gasteiger partial charge in [0.2, 0.25) is 0 Å². The molecule has 13 heavy (non-hydrogen) atoms. The van der Waals surface area contributed by atoms with E-state index in [9.17, 15) is 5.11 Å². The summed E-state index contributed by atoms with van der Waals surface area (Å²) in [5, 5.41) is 13.1. The molecule has 0 heterocycles. The van der Waals surface area contributed by atoms with Gasteiger partial charge in [0.1, 0.15) is 0 Å². The van der Waals surface area contributed by atoms with Crippen LogP contribution in [-0.4, -0.2) is 37.0 Å². The summed E-state index contributed by atoms with van der Waals surface area (Å²) in [5.74, 6) is 0. The van der Waals surface area contributed by atoms with Gasteiger partial charge in [-0.1, -0.05) is 12.8 Å². The van der Waals surface area contributed by atoms with Crippen LogP contribution in [0.4, 0.5) is 0 Å². The zero-order valence-electron chi connectivity index (χ0n) is 8.62. The number of hydrogen-bond donors (Lipinski definition) is 2. The molecule has 0 spiro atoms. The molecule has 0 aliphatic heterocycles. The number of nitrogens with one attached hydrogen (secondary N) is 1. The lowest BCUT2D eigenvalue weighted by molar-refractivity contribution is 0.0755. The van der Waals surface area contributed by atoms with E-state index in [1.807, 2.05) is 0 Å². The third kappa shape index (κ3) is 3.63. The lowest BCUT2D eigenvalue weighted by Gasteiger charge is -2.30. The van der Waals surface area contributed by atoms with Crippen LogP contribution in [0.3, 0.4) is 0 Å². The van der Waals surface area contributed by atoms with Crippen molar-refractivity contribution in [3.63, 3.8) is 0 Å². The minimum atomic E-state index is -0.159. The zero-order valence-corrected chi connectivity index (χ0v) is 8.62. The Labute approximate surface area is 80.5 Å². The van der Waals surface area contributed by atoms with Gasteiger partial charge in [-0.25, -0.2) is 0 Å². The summed E-state index contributed by atoms with van der Waals surface area (Å²) in [4.78, 5) is 0. The molecule has 0 unspecified atom stereocenters. The van der Waals surface area contributed by atoms with Gasteiger partial charge in [-0.2, -0.15) is 0 Å². The number of rotatable bonds is 4. The summed E-state index contributed by atoms with van der Waals surface area (Å²) in [6.45, 7) is 2.80. The molecule has 1 aliphatic carbocycles. The fraction of sp³-hybridized carbons (Fsp3) is 1.00. The SMILES string of the molecule is COC[C@H](C)N[C@H]1CCCC[C@@H]1O. The van der Waals surface area contributed by atoms with Gasteiger partial charge in [-0.3, -0.25) is 0 Å². The minimum Gasteiger partial charge on any atom is -0.392 e. The van der Waals surface area contributed by atoms with Crippen molar-refractivity contribution in [1.82, 2.24) is 5.32 Å². The van der Waals surface area contributed by atoms with Crippen molar-refractivity contribution < 1.29 is 9.84 Å². The second-order valence-corrected chi connectivity index (χ2v) is 3.98. The molecule has 3 atom stereocenters. The van der Waals surface area contributed by atoms with Crippen molar-refractivity contribution in [1.29, 1.82) is 0 Å². The monoisotopic (exact) mass is 187 g/mol. The minimum absolute atomic E-state index is 0.159. The van der Waals surface area contributed by atoms with Crippen LogP contribution >= 0.6 is 0 Å². The molecule has 0 bridgehead atoms. The molecule has 78 valence electrons. The summed E-state index contributed by atoms with van der Waals surface area (Å²) in [6.07, 6.45) is 4.27. The summed E-state index contributed by atoms with van der Waals surface area (Å²) < 4.78 is 5.04. The van der Waals surface area contributed by atoms with Crippen molar-refractivity contribution in [2.24, 2.45) is 0 Å². The van der Waals surface area contributed by atoms with E-state index in [0.29, 0.717) is 12.6 Å². The summed E-state index contributed by atoms with van der Waals surface area (Å²) >= 11 is 0. The maximum Gasteiger partial charge on any atom is 0.0693 e. The quantitative estimate of drug-likeness (QED) is 0.687. The van der Waals surface area contributed by atoms with Gasteiger partial charge < -0.3 is 15.2 Å².